The molecule has 0 bridgehead atoms. The summed E-state index contributed by atoms with van der Waals surface area (Å²) >= 11 is 0.397. The molecule has 1 heterocycles. The molecular weight excluding hydrogens is 606 g/mol. The molecule has 0 atom stereocenters. The number of rotatable bonds is 7. The minimum absolute atomic E-state index is 0.00589. The maximum absolute atomic E-state index is 14.2. The summed E-state index contributed by atoms with van der Waals surface area (Å²) in [5.74, 6) is -0.650. The SMILES string of the molecule is Cc1ccc(S(=O)(=O)Nc2cccc(Sc3ccc(/C=C/C(=O)N4CCOCC4)c(C(F)(F)F)c3C(F)(F)F)c2)cc1. The Balaban J connectivity index is 1.68. The van der Waals surface area contributed by atoms with E-state index in [9.17, 15) is 39.6 Å². The summed E-state index contributed by atoms with van der Waals surface area (Å²) in [7, 11) is -4.04. The zero-order chi connectivity index (χ0) is 30.7. The molecule has 4 rings (SSSR count). The van der Waals surface area contributed by atoms with Crippen molar-refractivity contribution in [2.45, 2.75) is 34.0 Å². The summed E-state index contributed by atoms with van der Waals surface area (Å²) in [6.07, 6.45) is -9.28. The Morgan fingerprint density at radius 1 is 0.929 bits per heavy atom. The lowest BCUT2D eigenvalue weighted by Gasteiger charge is -2.25. The van der Waals surface area contributed by atoms with Crippen LogP contribution in [0.25, 0.3) is 6.08 Å². The van der Waals surface area contributed by atoms with Crippen LogP contribution < -0.4 is 4.72 Å². The van der Waals surface area contributed by atoms with Crippen molar-refractivity contribution in [3.8, 4) is 0 Å². The molecule has 1 N–H and O–H groups in total. The predicted octanol–water partition coefficient (Wildman–Crippen LogP) is 6.86. The van der Waals surface area contributed by atoms with Gasteiger partial charge in [-0.3, -0.25) is 9.52 Å². The second kappa shape index (κ2) is 12.4. The van der Waals surface area contributed by atoms with Gasteiger partial charge in [0.1, 0.15) is 0 Å². The number of ether oxygens (including phenoxy) is 1. The fourth-order valence-electron chi connectivity index (χ4n) is 4.14. The van der Waals surface area contributed by atoms with Gasteiger partial charge in [0.05, 0.1) is 29.2 Å². The number of amides is 1. The fourth-order valence-corrected chi connectivity index (χ4v) is 6.23. The van der Waals surface area contributed by atoms with Gasteiger partial charge in [-0.15, -0.1) is 0 Å². The summed E-state index contributed by atoms with van der Waals surface area (Å²) < 4.78 is 118. The normalized spacial score (nSPS) is 14.8. The third kappa shape index (κ3) is 7.66. The Labute approximate surface area is 242 Å². The van der Waals surface area contributed by atoms with E-state index in [0.717, 1.165) is 29.8 Å². The number of nitrogens with one attached hydrogen (secondary N) is 1. The summed E-state index contributed by atoms with van der Waals surface area (Å²) in [5.41, 5.74) is -3.82. The molecule has 224 valence electrons. The molecule has 0 spiro atoms. The van der Waals surface area contributed by atoms with Crippen LogP contribution in [-0.2, 0) is 31.9 Å². The molecule has 0 aromatic heterocycles. The van der Waals surface area contributed by atoms with E-state index in [4.69, 9.17) is 4.74 Å². The molecule has 3 aromatic rings. The topological polar surface area (TPSA) is 75.7 Å². The van der Waals surface area contributed by atoms with Gasteiger partial charge in [0, 0.05) is 34.6 Å². The Hall–Kier alpha value is -3.49. The van der Waals surface area contributed by atoms with Crippen LogP contribution in [0.5, 0.6) is 0 Å². The van der Waals surface area contributed by atoms with Crippen molar-refractivity contribution in [1.29, 1.82) is 0 Å². The molecule has 3 aromatic carbocycles. The molecule has 1 fully saturated rings. The highest BCUT2D eigenvalue weighted by atomic mass is 32.2. The minimum atomic E-state index is -5.41. The quantitative estimate of drug-likeness (QED) is 0.228. The van der Waals surface area contributed by atoms with Crippen molar-refractivity contribution in [2.24, 2.45) is 0 Å². The van der Waals surface area contributed by atoms with E-state index in [2.05, 4.69) is 4.72 Å². The molecule has 0 unspecified atom stereocenters. The maximum atomic E-state index is 14.2. The van der Waals surface area contributed by atoms with Crippen LogP contribution in [0, 0.1) is 6.92 Å². The Morgan fingerprint density at radius 2 is 1.57 bits per heavy atom. The molecule has 1 aliphatic rings. The van der Waals surface area contributed by atoms with E-state index in [1.54, 1.807) is 19.1 Å². The largest absolute Gasteiger partial charge is 0.418 e. The molecule has 0 saturated carbocycles. The van der Waals surface area contributed by atoms with Crippen LogP contribution in [-0.4, -0.2) is 45.5 Å². The van der Waals surface area contributed by atoms with Gasteiger partial charge in [-0.2, -0.15) is 26.3 Å². The smallest absolute Gasteiger partial charge is 0.378 e. The molecule has 1 saturated heterocycles. The van der Waals surface area contributed by atoms with Crippen LogP contribution in [0.3, 0.4) is 0 Å². The van der Waals surface area contributed by atoms with Gasteiger partial charge in [-0.1, -0.05) is 41.6 Å². The first kappa shape index (κ1) is 31.4. The lowest BCUT2D eigenvalue weighted by Crippen LogP contribution is -2.39. The molecule has 14 heteroatoms. The minimum Gasteiger partial charge on any atom is -0.378 e. The maximum Gasteiger partial charge on any atom is 0.418 e. The van der Waals surface area contributed by atoms with E-state index >= 15 is 0 Å². The van der Waals surface area contributed by atoms with Gasteiger partial charge in [-0.25, -0.2) is 8.42 Å². The highest BCUT2D eigenvalue weighted by Crippen LogP contribution is 2.48. The molecule has 0 radical (unpaired) electrons. The Bertz CT molecular complexity index is 1580. The number of carbonyl (C=O) groups is 1. The first-order valence-corrected chi connectivity index (χ1v) is 14.7. The number of benzene rings is 3. The number of morpholine rings is 1. The van der Waals surface area contributed by atoms with Crippen LogP contribution in [0.15, 0.2) is 81.4 Å². The number of nitrogens with zero attached hydrogens (tertiary/aromatic N) is 1. The highest BCUT2D eigenvalue weighted by molar-refractivity contribution is 7.99. The van der Waals surface area contributed by atoms with Crippen LogP contribution in [0.4, 0.5) is 32.0 Å². The van der Waals surface area contributed by atoms with Crippen molar-refractivity contribution in [3.05, 3.63) is 89.0 Å². The zero-order valence-electron chi connectivity index (χ0n) is 21.9. The van der Waals surface area contributed by atoms with E-state index in [1.807, 2.05) is 0 Å². The van der Waals surface area contributed by atoms with Crippen molar-refractivity contribution < 1.29 is 44.3 Å². The van der Waals surface area contributed by atoms with E-state index < -0.39 is 49.9 Å². The first-order valence-electron chi connectivity index (χ1n) is 12.4. The third-order valence-corrected chi connectivity index (χ3v) is 8.59. The van der Waals surface area contributed by atoms with E-state index in [-0.39, 0.29) is 41.8 Å². The molecule has 42 heavy (non-hydrogen) atoms. The average molecular weight is 631 g/mol. The molecule has 1 amide bonds. The average Bonchev–Trinajstić information content (AvgIpc) is 2.91. The fraction of sp³-hybridized carbons (Fsp3) is 0.250. The standard InChI is InChI=1S/C28H24F6N2O4S2/c1-18-5-9-22(10-6-18)42(38,39)35-20-3-2-4-21(17-20)41-23-11-7-19(8-12-24(37)36-13-15-40-16-14-36)25(27(29,30)31)26(23)28(32,33)34/h2-12,17,35H,13-16H2,1H3/b12-8+. The van der Waals surface area contributed by atoms with E-state index in [0.29, 0.717) is 11.8 Å². The van der Waals surface area contributed by atoms with Gasteiger partial charge in [0.25, 0.3) is 10.0 Å². The van der Waals surface area contributed by atoms with Gasteiger partial charge in [0.2, 0.25) is 5.91 Å². The number of anilines is 1. The summed E-state index contributed by atoms with van der Waals surface area (Å²) in [4.78, 5) is 13.0. The third-order valence-electron chi connectivity index (χ3n) is 6.14. The highest BCUT2D eigenvalue weighted by Gasteiger charge is 2.46. The monoisotopic (exact) mass is 630 g/mol. The van der Waals surface area contributed by atoms with Crippen LogP contribution >= 0.6 is 11.8 Å². The first-order chi connectivity index (χ1) is 19.6. The summed E-state index contributed by atoms with van der Waals surface area (Å²) in [6, 6.07) is 13.0. The molecule has 1 aliphatic heterocycles. The molecule has 0 aliphatic carbocycles. The molecular formula is C28H24F6N2O4S2. The zero-order valence-corrected chi connectivity index (χ0v) is 23.6. The van der Waals surface area contributed by atoms with Crippen molar-refractivity contribution in [2.75, 3.05) is 31.0 Å². The lowest BCUT2D eigenvalue weighted by atomic mass is 9.99. The molecule has 6 nitrogen and oxygen atoms in total. The second-order valence-electron chi connectivity index (χ2n) is 9.22. The number of hydrogen-bond donors (Lipinski definition) is 1. The van der Waals surface area contributed by atoms with Crippen molar-refractivity contribution >= 4 is 39.5 Å². The number of halogens is 6. The number of carbonyl (C=O) groups excluding carboxylic acids is 1. The van der Waals surface area contributed by atoms with Crippen LogP contribution in [0.1, 0.15) is 22.3 Å². The van der Waals surface area contributed by atoms with Crippen molar-refractivity contribution in [1.82, 2.24) is 4.90 Å². The van der Waals surface area contributed by atoms with E-state index in [1.165, 1.54) is 41.3 Å². The lowest BCUT2D eigenvalue weighted by molar-refractivity contribution is -0.163. The second-order valence-corrected chi connectivity index (χ2v) is 12.0. The van der Waals surface area contributed by atoms with Gasteiger partial charge >= 0.3 is 12.4 Å². The summed E-state index contributed by atoms with van der Waals surface area (Å²) in [5, 5.41) is 0. The van der Waals surface area contributed by atoms with Gasteiger partial charge < -0.3 is 9.64 Å². The van der Waals surface area contributed by atoms with Gasteiger partial charge in [-0.05, 0) is 55.0 Å². The van der Waals surface area contributed by atoms with Gasteiger partial charge in [0.15, 0.2) is 0 Å². The summed E-state index contributed by atoms with van der Waals surface area (Å²) in [6.45, 7) is 2.67. The predicted molar refractivity (Wildman–Crippen MR) is 145 cm³/mol. The Morgan fingerprint density at radius 3 is 2.19 bits per heavy atom. The number of hydrogen-bond acceptors (Lipinski definition) is 5. The van der Waals surface area contributed by atoms with Crippen LogP contribution in [0.2, 0.25) is 0 Å². The number of alkyl halides is 6. The number of aryl methyl sites for hydroxylation is 1. The Kier molecular flexibility index (Phi) is 9.28. The number of sulfonamides is 1. The van der Waals surface area contributed by atoms with Crippen molar-refractivity contribution in [3.63, 3.8) is 0 Å².